The van der Waals surface area contributed by atoms with Gasteiger partial charge in [-0.05, 0) is 11.5 Å². The third-order valence-electron chi connectivity index (χ3n) is 5.42. The number of rotatable bonds is 14. The summed E-state index contributed by atoms with van der Waals surface area (Å²) in [5, 5.41) is 18.9. The maximum atomic E-state index is 13.3. The Morgan fingerprint density at radius 2 is 1.53 bits per heavy atom. The van der Waals surface area contributed by atoms with Crippen molar-refractivity contribution in [1.29, 1.82) is 0 Å². The lowest BCUT2D eigenvalue weighted by atomic mass is 9.97. The monoisotopic (exact) mass is 506 g/mol. The van der Waals surface area contributed by atoms with Gasteiger partial charge in [0.1, 0.15) is 24.7 Å². The van der Waals surface area contributed by atoms with Gasteiger partial charge in [0.15, 0.2) is 0 Å². The molecule has 198 valence electrons. The van der Waals surface area contributed by atoms with E-state index in [1.165, 1.54) is 7.11 Å². The molecule has 12 nitrogen and oxygen atoms in total. The van der Waals surface area contributed by atoms with E-state index in [0.717, 1.165) is 6.92 Å². The summed E-state index contributed by atoms with van der Waals surface area (Å²) in [5.74, 6) is -5.06. The molecular weight excluding hydrogens is 472 g/mol. The molecule has 0 radical (unpaired) electrons. The van der Waals surface area contributed by atoms with Gasteiger partial charge in [0.2, 0.25) is 23.6 Å². The molecule has 0 bridgehead atoms. The highest BCUT2D eigenvalue weighted by Crippen LogP contribution is 2.10. The topological polar surface area (TPSA) is 180 Å². The highest BCUT2D eigenvalue weighted by molar-refractivity contribution is 5.95. The van der Waals surface area contributed by atoms with Crippen LogP contribution in [0.2, 0.25) is 0 Å². The molecular formula is C24H34N4O8. The molecule has 4 atom stereocenters. The van der Waals surface area contributed by atoms with Crippen LogP contribution in [0.5, 0.6) is 0 Å². The van der Waals surface area contributed by atoms with E-state index in [4.69, 9.17) is 5.11 Å². The molecule has 12 heteroatoms. The summed E-state index contributed by atoms with van der Waals surface area (Å²) in [7, 11) is 1.18. The second-order valence-corrected chi connectivity index (χ2v) is 8.27. The summed E-state index contributed by atoms with van der Waals surface area (Å²) in [6.45, 7) is 4.33. The van der Waals surface area contributed by atoms with Crippen LogP contribution in [-0.4, -0.2) is 72.5 Å². The number of carboxylic acids is 1. The van der Waals surface area contributed by atoms with Crippen molar-refractivity contribution in [2.75, 3.05) is 13.7 Å². The summed E-state index contributed by atoms with van der Waals surface area (Å²) in [6, 6.07) is 5.14. The summed E-state index contributed by atoms with van der Waals surface area (Å²) in [6.07, 6.45) is -0.124. The molecule has 0 saturated carbocycles. The van der Waals surface area contributed by atoms with E-state index < -0.39 is 60.1 Å². The molecule has 0 saturated heterocycles. The predicted octanol–water partition coefficient (Wildman–Crippen LogP) is -0.487. The zero-order valence-corrected chi connectivity index (χ0v) is 20.8. The van der Waals surface area contributed by atoms with Crippen LogP contribution >= 0.6 is 0 Å². The number of ether oxygens (including phenoxy) is 1. The number of nitrogens with one attached hydrogen (secondary N) is 4. The van der Waals surface area contributed by atoms with Crippen LogP contribution in [0.15, 0.2) is 30.3 Å². The summed E-state index contributed by atoms with van der Waals surface area (Å²) in [5.41, 5.74) is 0.697. The van der Waals surface area contributed by atoms with Gasteiger partial charge in [-0.15, -0.1) is 0 Å². The van der Waals surface area contributed by atoms with Crippen molar-refractivity contribution in [2.45, 2.75) is 58.2 Å². The first-order chi connectivity index (χ1) is 17.0. The molecule has 1 rings (SSSR count). The molecule has 0 spiro atoms. The van der Waals surface area contributed by atoms with Gasteiger partial charge in [0.25, 0.3) is 0 Å². The number of aliphatic carboxylic acids is 1. The Labute approximate surface area is 209 Å². The molecule has 1 aromatic carbocycles. The van der Waals surface area contributed by atoms with Gasteiger partial charge in [0.05, 0.1) is 13.5 Å². The van der Waals surface area contributed by atoms with Crippen LogP contribution in [0.4, 0.5) is 0 Å². The molecule has 5 N–H and O–H groups in total. The Morgan fingerprint density at radius 3 is 2.06 bits per heavy atom. The van der Waals surface area contributed by atoms with Crippen LogP contribution < -0.4 is 21.3 Å². The van der Waals surface area contributed by atoms with Crippen molar-refractivity contribution >= 4 is 35.6 Å². The Morgan fingerprint density at radius 1 is 0.917 bits per heavy atom. The average molecular weight is 507 g/mol. The molecule has 0 fully saturated rings. The normalized spacial score (nSPS) is 13.8. The van der Waals surface area contributed by atoms with E-state index >= 15 is 0 Å². The summed E-state index contributed by atoms with van der Waals surface area (Å²) >= 11 is 0. The van der Waals surface area contributed by atoms with E-state index in [-0.39, 0.29) is 18.9 Å². The number of carbonyl (C=O) groups is 6. The fourth-order valence-electron chi connectivity index (χ4n) is 3.26. The lowest BCUT2D eigenvalue weighted by molar-refractivity contribution is -0.141. The second kappa shape index (κ2) is 15.1. The van der Waals surface area contributed by atoms with Crippen LogP contribution in [0.3, 0.4) is 0 Å². The first kappa shape index (κ1) is 30.1. The minimum Gasteiger partial charge on any atom is -0.481 e. The van der Waals surface area contributed by atoms with Gasteiger partial charge in [-0.3, -0.25) is 28.8 Å². The Kier molecular flexibility index (Phi) is 12.6. The second-order valence-electron chi connectivity index (χ2n) is 8.27. The van der Waals surface area contributed by atoms with Crippen LogP contribution in [-0.2, 0) is 39.9 Å². The number of hydrogen-bond acceptors (Lipinski definition) is 7. The Hall–Kier alpha value is -3.96. The van der Waals surface area contributed by atoms with Gasteiger partial charge in [-0.1, -0.05) is 50.6 Å². The highest BCUT2D eigenvalue weighted by Gasteiger charge is 2.32. The lowest BCUT2D eigenvalue weighted by Gasteiger charge is -2.27. The van der Waals surface area contributed by atoms with Crippen molar-refractivity contribution < 1.29 is 38.6 Å². The molecule has 0 aliphatic heterocycles. The predicted molar refractivity (Wildman–Crippen MR) is 128 cm³/mol. The third kappa shape index (κ3) is 10.5. The molecule has 0 aliphatic rings. The lowest BCUT2D eigenvalue weighted by Crippen LogP contribution is -2.58. The van der Waals surface area contributed by atoms with Gasteiger partial charge < -0.3 is 31.1 Å². The third-order valence-corrected chi connectivity index (χ3v) is 5.42. The number of esters is 1. The number of carbonyl (C=O) groups excluding carboxylic acids is 5. The quantitative estimate of drug-likeness (QED) is 0.210. The van der Waals surface area contributed by atoms with Crippen molar-refractivity contribution in [2.24, 2.45) is 5.92 Å². The van der Waals surface area contributed by atoms with E-state index in [9.17, 15) is 28.8 Å². The summed E-state index contributed by atoms with van der Waals surface area (Å²) < 4.78 is 4.51. The standard InChI is InChI=1S/C24H34N4O8/c1-5-14(2)21(24(35)25-13-20(32)36-4)28-23(34)17(11-16-9-7-6-8-10-16)27-22(33)18(12-19(30)31)26-15(3)29/h6-10,14,17-18,21H,5,11-13H2,1-4H3,(H,25,35)(H,26,29)(H,27,33)(H,28,34)(H,30,31). The molecule has 0 aromatic heterocycles. The largest absolute Gasteiger partial charge is 0.481 e. The molecule has 36 heavy (non-hydrogen) atoms. The van der Waals surface area contributed by atoms with Gasteiger partial charge in [-0.25, -0.2) is 0 Å². The van der Waals surface area contributed by atoms with Crippen LogP contribution in [0, 0.1) is 5.92 Å². The molecule has 0 heterocycles. The van der Waals surface area contributed by atoms with Gasteiger partial charge in [0, 0.05) is 13.3 Å². The zero-order chi connectivity index (χ0) is 27.3. The van der Waals surface area contributed by atoms with Crippen molar-refractivity contribution in [3.63, 3.8) is 0 Å². The number of hydrogen-bond donors (Lipinski definition) is 5. The van der Waals surface area contributed by atoms with Crippen molar-refractivity contribution in [1.82, 2.24) is 21.3 Å². The average Bonchev–Trinajstić information content (AvgIpc) is 2.84. The number of methoxy groups -OCH3 is 1. The maximum absolute atomic E-state index is 13.3. The minimum absolute atomic E-state index is 0.0370. The number of carboxylic acid groups (broad SMARTS) is 1. The zero-order valence-electron chi connectivity index (χ0n) is 20.8. The van der Waals surface area contributed by atoms with E-state index in [0.29, 0.717) is 12.0 Å². The number of amides is 4. The number of benzene rings is 1. The fourth-order valence-corrected chi connectivity index (χ4v) is 3.26. The maximum Gasteiger partial charge on any atom is 0.325 e. The Bertz CT molecular complexity index is 921. The van der Waals surface area contributed by atoms with Gasteiger partial charge in [-0.2, -0.15) is 0 Å². The van der Waals surface area contributed by atoms with Crippen molar-refractivity contribution in [3.8, 4) is 0 Å². The smallest absolute Gasteiger partial charge is 0.325 e. The SMILES string of the molecule is CCC(C)C(NC(=O)C(Cc1ccccc1)NC(=O)C(CC(=O)O)NC(C)=O)C(=O)NCC(=O)OC. The fraction of sp³-hybridized carbons (Fsp3) is 0.500. The van der Waals surface area contributed by atoms with E-state index in [1.54, 1.807) is 37.3 Å². The molecule has 4 amide bonds. The summed E-state index contributed by atoms with van der Waals surface area (Å²) in [4.78, 5) is 72.9. The minimum atomic E-state index is -1.40. The van der Waals surface area contributed by atoms with E-state index in [2.05, 4.69) is 26.0 Å². The van der Waals surface area contributed by atoms with Gasteiger partial charge >= 0.3 is 11.9 Å². The Balaban J connectivity index is 3.15. The first-order valence-corrected chi connectivity index (χ1v) is 11.5. The van der Waals surface area contributed by atoms with E-state index in [1.807, 2.05) is 6.92 Å². The van der Waals surface area contributed by atoms with Crippen molar-refractivity contribution in [3.05, 3.63) is 35.9 Å². The van der Waals surface area contributed by atoms with Crippen LogP contribution in [0.1, 0.15) is 39.2 Å². The molecule has 0 aliphatic carbocycles. The first-order valence-electron chi connectivity index (χ1n) is 11.5. The molecule has 1 aromatic rings. The molecule has 4 unspecified atom stereocenters. The highest BCUT2D eigenvalue weighted by atomic mass is 16.5. The van der Waals surface area contributed by atoms with Crippen LogP contribution in [0.25, 0.3) is 0 Å².